The molecule has 27 heavy (non-hydrogen) atoms. The maximum atomic E-state index is 14.2. The highest BCUT2D eigenvalue weighted by Gasteiger charge is 2.22. The van der Waals surface area contributed by atoms with Gasteiger partial charge in [-0.2, -0.15) is 0 Å². The molecule has 8 heteroatoms. The van der Waals surface area contributed by atoms with Crippen molar-refractivity contribution >= 4 is 31.6 Å². The molecule has 3 aromatic rings. The van der Waals surface area contributed by atoms with Crippen LogP contribution in [-0.4, -0.2) is 15.5 Å². The van der Waals surface area contributed by atoms with Crippen LogP contribution < -0.4 is 9.46 Å². The van der Waals surface area contributed by atoms with E-state index in [4.69, 9.17) is 4.74 Å². The van der Waals surface area contributed by atoms with E-state index in [1.54, 1.807) is 36.4 Å². The van der Waals surface area contributed by atoms with Gasteiger partial charge in [0, 0.05) is 16.1 Å². The van der Waals surface area contributed by atoms with E-state index in [-0.39, 0.29) is 21.9 Å². The first kappa shape index (κ1) is 19.3. The molecule has 0 aliphatic carbocycles. The molecule has 0 radical (unpaired) electrons. The summed E-state index contributed by atoms with van der Waals surface area (Å²) in [7, 11) is -2.85. The molecule has 0 saturated heterocycles. The van der Waals surface area contributed by atoms with Gasteiger partial charge < -0.3 is 4.74 Å². The standard InChI is InChI=1S/C19H14BrF2NO3S/c1-26-18-8-7-13(20)9-19(18)27(24,25)23-17-10-14(15(21)11-16(17)22)12-5-3-2-4-6-12/h2-11,23H,1H3. The molecule has 0 aliphatic heterocycles. The zero-order chi connectivity index (χ0) is 19.6. The SMILES string of the molecule is COc1ccc(Br)cc1S(=O)(=O)Nc1cc(-c2ccccc2)c(F)cc1F. The van der Waals surface area contributed by atoms with Crippen molar-refractivity contribution in [2.24, 2.45) is 0 Å². The first-order chi connectivity index (χ1) is 12.8. The van der Waals surface area contributed by atoms with Crippen molar-refractivity contribution in [3.05, 3.63) is 76.8 Å². The highest BCUT2D eigenvalue weighted by molar-refractivity contribution is 9.10. The lowest BCUT2D eigenvalue weighted by Gasteiger charge is -2.14. The number of rotatable bonds is 5. The fourth-order valence-corrected chi connectivity index (χ4v) is 4.29. The van der Waals surface area contributed by atoms with E-state index < -0.39 is 21.7 Å². The minimum atomic E-state index is -4.18. The van der Waals surface area contributed by atoms with Crippen LogP contribution in [0.25, 0.3) is 11.1 Å². The van der Waals surface area contributed by atoms with Crippen molar-refractivity contribution < 1.29 is 21.9 Å². The highest BCUT2D eigenvalue weighted by atomic mass is 79.9. The number of ether oxygens (including phenoxy) is 1. The Balaban J connectivity index is 2.06. The predicted molar refractivity (Wildman–Crippen MR) is 103 cm³/mol. The molecule has 4 nitrogen and oxygen atoms in total. The van der Waals surface area contributed by atoms with Gasteiger partial charge in [-0.1, -0.05) is 46.3 Å². The summed E-state index contributed by atoms with van der Waals surface area (Å²) in [5.74, 6) is -1.72. The average Bonchev–Trinajstić information content (AvgIpc) is 2.64. The van der Waals surface area contributed by atoms with E-state index in [9.17, 15) is 17.2 Å². The van der Waals surface area contributed by atoms with E-state index in [1.807, 2.05) is 0 Å². The van der Waals surface area contributed by atoms with Crippen LogP contribution in [0.1, 0.15) is 0 Å². The molecule has 0 amide bonds. The first-order valence-electron chi connectivity index (χ1n) is 7.72. The number of anilines is 1. The Morgan fingerprint density at radius 3 is 2.33 bits per heavy atom. The summed E-state index contributed by atoms with van der Waals surface area (Å²) in [5, 5.41) is 0. The van der Waals surface area contributed by atoms with Gasteiger partial charge in [0.2, 0.25) is 0 Å². The minimum absolute atomic E-state index is 0.0795. The van der Waals surface area contributed by atoms with Crippen LogP contribution >= 0.6 is 15.9 Å². The third-order valence-electron chi connectivity index (χ3n) is 3.80. The molecule has 0 fully saturated rings. The molecule has 0 unspecified atom stereocenters. The lowest BCUT2D eigenvalue weighted by Crippen LogP contribution is -2.15. The van der Waals surface area contributed by atoms with Gasteiger partial charge in [0.1, 0.15) is 22.3 Å². The van der Waals surface area contributed by atoms with Gasteiger partial charge in [-0.05, 0) is 29.8 Å². The molecule has 0 aliphatic rings. The topological polar surface area (TPSA) is 55.4 Å². The molecule has 0 aromatic heterocycles. The summed E-state index contributed by atoms with van der Waals surface area (Å²) >= 11 is 3.20. The number of hydrogen-bond acceptors (Lipinski definition) is 3. The Morgan fingerprint density at radius 2 is 1.67 bits per heavy atom. The number of nitrogens with one attached hydrogen (secondary N) is 1. The highest BCUT2D eigenvalue weighted by Crippen LogP contribution is 2.32. The van der Waals surface area contributed by atoms with Crippen molar-refractivity contribution in [3.8, 4) is 16.9 Å². The van der Waals surface area contributed by atoms with Crippen LogP contribution in [0, 0.1) is 11.6 Å². The second kappa shape index (κ2) is 7.66. The zero-order valence-electron chi connectivity index (χ0n) is 14.0. The maximum Gasteiger partial charge on any atom is 0.265 e. The molecular weight excluding hydrogens is 440 g/mol. The average molecular weight is 454 g/mol. The van der Waals surface area contributed by atoms with E-state index >= 15 is 0 Å². The Labute approximate surface area is 164 Å². The fraction of sp³-hybridized carbons (Fsp3) is 0.0526. The molecule has 0 atom stereocenters. The maximum absolute atomic E-state index is 14.2. The van der Waals surface area contributed by atoms with E-state index in [2.05, 4.69) is 20.7 Å². The summed E-state index contributed by atoms with van der Waals surface area (Å²) in [6.07, 6.45) is 0. The molecule has 1 N–H and O–H groups in total. The molecule has 0 heterocycles. The summed E-state index contributed by atoms with van der Waals surface area (Å²) in [4.78, 5) is -0.177. The van der Waals surface area contributed by atoms with E-state index in [0.717, 1.165) is 6.07 Å². The van der Waals surface area contributed by atoms with Crippen LogP contribution in [0.15, 0.2) is 70.0 Å². The normalized spacial score (nSPS) is 11.3. The van der Waals surface area contributed by atoms with Crippen LogP contribution in [0.2, 0.25) is 0 Å². The molecule has 0 bridgehead atoms. The van der Waals surface area contributed by atoms with Gasteiger partial charge in [0.15, 0.2) is 0 Å². The van der Waals surface area contributed by atoms with Crippen LogP contribution in [0.5, 0.6) is 5.75 Å². The first-order valence-corrected chi connectivity index (χ1v) is 10.0. The van der Waals surface area contributed by atoms with Gasteiger partial charge in [0.05, 0.1) is 12.8 Å². The second-order valence-electron chi connectivity index (χ2n) is 5.58. The zero-order valence-corrected chi connectivity index (χ0v) is 16.4. The quantitative estimate of drug-likeness (QED) is 0.577. The molecule has 140 valence electrons. The van der Waals surface area contributed by atoms with Crippen LogP contribution in [0.4, 0.5) is 14.5 Å². The fourth-order valence-electron chi connectivity index (χ4n) is 2.53. The van der Waals surface area contributed by atoms with Gasteiger partial charge >= 0.3 is 0 Å². The Bertz CT molecular complexity index is 1090. The van der Waals surface area contributed by atoms with Crippen molar-refractivity contribution in [1.29, 1.82) is 0 Å². The van der Waals surface area contributed by atoms with E-state index in [1.165, 1.54) is 19.2 Å². The third kappa shape index (κ3) is 4.12. The number of methoxy groups -OCH3 is 1. The Hall–Kier alpha value is -2.45. The monoisotopic (exact) mass is 453 g/mol. The molecule has 3 aromatic carbocycles. The van der Waals surface area contributed by atoms with Crippen molar-refractivity contribution in [2.75, 3.05) is 11.8 Å². The largest absolute Gasteiger partial charge is 0.495 e. The summed E-state index contributed by atoms with van der Waals surface area (Å²) in [6, 6.07) is 14.6. The molecular formula is C19H14BrF2NO3S. The van der Waals surface area contributed by atoms with Gasteiger partial charge in [-0.25, -0.2) is 17.2 Å². The molecule has 0 saturated carbocycles. The van der Waals surface area contributed by atoms with E-state index in [0.29, 0.717) is 16.1 Å². The number of sulfonamides is 1. The summed E-state index contributed by atoms with van der Waals surface area (Å²) < 4.78 is 61.7. The van der Waals surface area contributed by atoms with Crippen molar-refractivity contribution in [3.63, 3.8) is 0 Å². The third-order valence-corrected chi connectivity index (χ3v) is 5.68. The second-order valence-corrected chi connectivity index (χ2v) is 8.15. The predicted octanol–water partition coefficient (Wildman–Crippen LogP) is 5.20. The van der Waals surface area contributed by atoms with Gasteiger partial charge in [-0.15, -0.1) is 0 Å². The van der Waals surface area contributed by atoms with Gasteiger partial charge in [0.25, 0.3) is 10.0 Å². The number of halogens is 3. The number of hydrogen-bond donors (Lipinski definition) is 1. The summed E-state index contributed by atoms with van der Waals surface area (Å²) in [6.45, 7) is 0. The molecule has 3 rings (SSSR count). The molecule has 0 spiro atoms. The smallest absolute Gasteiger partial charge is 0.265 e. The minimum Gasteiger partial charge on any atom is -0.495 e. The van der Waals surface area contributed by atoms with Crippen LogP contribution in [0.3, 0.4) is 0 Å². The van der Waals surface area contributed by atoms with Crippen molar-refractivity contribution in [1.82, 2.24) is 0 Å². The lowest BCUT2D eigenvalue weighted by molar-refractivity contribution is 0.402. The van der Waals surface area contributed by atoms with Gasteiger partial charge in [-0.3, -0.25) is 4.72 Å². The Kier molecular flexibility index (Phi) is 5.48. The lowest BCUT2D eigenvalue weighted by atomic mass is 10.0. The Morgan fingerprint density at radius 1 is 0.963 bits per heavy atom. The number of benzene rings is 3. The van der Waals surface area contributed by atoms with Crippen molar-refractivity contribution in [2.45, 2.75) is 4.90 Å². The van der Waals surface area contributed by atoms with Crippen LogP contribution in [-0.2, 0) is 10.0 Å². The summed E-state index contributed by atoms with van der Waals surface area (Å²) in [5.41, 5.74) is 0.212.